The number of benzene rings is 1. The molecule has 1 aliphatic rings. The molecule has 0 atom stereocenters. The molecule has 0 bridgehead atoms. The number of methoxy groups -OCH3 is 1. The van der Waals surface area contributed by atoms with Crippen LogP contribution >= 0.6 is 0 Å². The lowest BCUT2D eigenvalue weighted by Gasteiger charge is -2.34. The van der Waals surface area contributed by atoms with Gasteiger partial charge < -0.3 is 9.64 Å². The lowest BCUT2D eigenvalue weighted by atomic mass is 10.1. The van der Waals surface area contributed by atoms with Gasteiger partial charge in [0, 0.05) is 32.7 Å². The van der Waals surface area contributed by atoms with Crippen LogP contribution < -0.4 is 4.74 Å². The van der Waals surface area contributed by atoms with Crippen molar-refractivity contribution in [1.29, 1.82) is 0 Å². The average Bonchev–Trinajstić information content (AvgIpc) is 3.15. The molecule has 1 aliphatic heterocycles. The molecule has 2 heterocycles. The molecular formula is C16H21N5O2. The van der Waals surface area contributed by atoms with Crippen molar-refractivity contribution < 1.29 is 9.53 Å². The Morgan fingerprint density at radius 2 is 1.96 bits per heavy atom. The summed E-state index contributed by atoms with van der Waals surface area (Å²) in [7, 11) is 1.68. The Bertz CT molecular complexity index is 618. The first-order chi connectivity index (χ1) is 11.3. The van der Waals surface area contributed by atoms with E-state index in [-0.39, 0.29) is 5.91 Å². The zero-order valence-electron chi connectivity index (χ0n) is 13.2. The van der Waals surface area contributed by atoms with Crippen molar-refractivity contribution in [2.45, 2.75) is 6.42 Å². The zero-order valence-corrected chi connectivity index (χ0v) is 13.2. The molecule has 1 amide bonds. The second-order valence-electron chi connectivity index (χ2n) is 5.59. The van der Waals surface area contributed by atoms with Crippen LogP contribution in [0.15, 0.2) is 30.5 Å². The van der Waals surface area contributed by atoms with Gasteiger partial charge in [-0.05, 0) is 24.1 Å². The highest BCUT2D eigenvalue weighted by Gasteiger charge is 2.23. The van der Waals surface area contributed by atoms with Gasteiger partial charge in [0.2, 0.25) is 0 Å². The number of H-pyrrole nitrogens is 1. The number of ether oxygens (including phenoxy) is 1. The second-order valence-corrected chi connectivity index (χ2v) is 5.59. The Hall–Kier alpha value is -2.41. The molecule has 1 aromatic heterocycles. The number of hydrogen-bond acceptors (Lipinski definition) is 5. The SMILES string of the molecule is COc1ccc(CCN2CCN(C(=O)c3cn[nH]n3)CC2)cc1. The number of nitrogens with zero attached hydrogens (tertiary/aromatic N) is 4. The van der Waals surface area contributed by atoms with E-state index in [1.807, 2.05) is 17.0 Å². The highest BCUT2D eigenvalue weighted by atomic mass is 16.5. The zero-order chi connectivity index (χ0) is 16.1. The molecule has 1 fully saturated rings. The Morgan fingerprint density at radius 1 is 1.22 bits per heavy atom. The van der Waals surface area contributed by atoms with Crippen molar-refractivity contribution in [1.82, 2.24) is 25.2 Å². The predicted molar refractivity (Wildman–Crippen MR) is 85.4 cm³/mol. The third-order valence-electron chi connectivity index (χ3n) is 4.17. The first-order valence-electron chi connectivity index (χ1n) is 7.76. The number of hydrogen-bond donors (Lipinski definition) is 1. The first kappa shape index (κ1) is 15.5. The topological polar surface area (TPSA) is 74.3 Å². The van der Waals surface area contributed by atoms with Gasteiger partial charge in [0.15, 0.2) is 5.69 Å². The Balaban J connectivity index is 1.44. The maximum Gasteiger partial charge on any atom is 0.276 e. The molecular weight excluding hydrogens is 294 g/mol. The molecule has 23 heavy (non-hydrogen) atoms. The molecule has 0 saturated carbocycles. The molecule has 1 N–H and O–H groups in total. The lowest BCUT2D eigenvalue weighted by Crippen LogP contribution is -2.49. The van der Waals surface area contributed by atoms with Crippen LogP contribution in [0.5, 0.6) is 5.75 Å². The molecule has 1 saturated heterocycles. The summed E-state index contributed by atoms with van der Waals surface area (Å²) in [5, 5.41) is 10.0. The second kappa shape index (κ2) is 7.23. The Labute approximate surface area is 135 Å². The lowest BCUT2D eigenvalue weighted by molar-refractivity contribution is 0.0632. The molecule has 2 aromatic rings. The van der Waals surface area contributed by atoms with Gasteiger partial charge in [-0.15, -0.1) is 0 Å². The minimum Gasteiger partial charge on any atom is -0.497 e. The molecule has 3 rings (SSSR count). The number of aromatic nitrogens is 3. The van der Waals surface area contributed by atoms with E-state index in [0.717, 1.165) is 44.9 Å². The van der Waals surface area contributed by atoms with Crippen molar-refractivity contribution in [2.75, 3.05) is 39.8 Å². The van der Waals surface area contributed by atoms with E-state index in [1.165, 1.54) is 11.8 Å². The van der Waals surface area contributed by atoms with Crippen LogP contribution in [0.25, 0.3) is 0 Å². The monoisotopic (exact) mass is 315 g/mol. The highest BCUT2D eigenvalue weighted by molar-refractivity contribution is 5.91. The van der Waals surface area contributed by atoms with E-state index >= 15 is 0 Å². The number of carbonyl (C=O) groups excluding carboxylic acids is 1. The van der Waals surface area contributed by atoms with Crippen LogP contribution in [0.1, 0.15) is 16.1 Å². The van der Waals surface area contributed by atoms with Gasteiger partial charge >= 0.3 is 0 Å². The van der Waals surface area contributed by atoms with Gasteiger partial charge in [-0.3, -0.25) is 9.69 Å². The van der Waals surface area contributed by atoms with Crippen LogP contribution in [-0.4, -0.2) is 71.0 Å². The molecule has 7 heteroatoms. The maximum atomic E-state index is 12.2. The number of carbonyl (C=O) groups is 1. The normalized spacial score (nSPS) is 15.6. The van der Waals surface area contributed by atoms with Gasteiger partial charge in [-0.1, -0.05) is 12.1 Å². The fourth-order valence-corrected chi connectivity index (χ4v) is 2.72. The van der Waals surface area contributed by atoms with Crippen LogP contribution in [0.4, 0.5) is 0 Å². The summed E-state index contributed by atoms with van der Waals surface area (Å²) < 4.78 is 5.17. The van der Waals surface area contributed by atoms with E-state index in [4.69, 9.17) is 4.74 Å². The first-order valence-corrected chi connectivity index (χ1v) is 7.76. The molecule has 0 radical (unpaired) electrons. The molecule has 0 aliphatic carbocycles. The molecule has 1 aromatic carbocycles. The van der Waals surface area contributed by atoms with Gasteiger partial charge in [0.05, 0.1) is 13.3 Å². The smallest absolute Gasteiger partial charge is 0.276 e. The van der Waals surface area contributed by atoms with E-state index in [2.05, 4.69) is 32.4 Å². The molecule has 0 unspecified atom stereocenters. The summed E-state index contributed by atoms with van der Waals surface area (Å²) in [5.41, 5.74) is 1.68. The summed E-state index contributed by atoms with van der Waals surface area (Å²) in [4.78, 5) is 16.4. The fourth-order valence-electron chi connectivity index (χ4n) is 2.72. The number of rotatable bonds is 5. The van der Waals surface area contributed by atoms with Crippen molar-refractivity contribution in [3.63, 3.8) is 0 Å². The van der Waals surface area contributed by atoms with Gasteiger partial charge in [0.25, 0.3) is 5.91 Å². The average molecular weight is 315 g/mol. The van der Waals surface area contributed by atoms with Gasteiger partial charge in [0.1, 0.15) is 5.75 Å². The molecule has 0 spiro atoms. The number of aromatic amines is 1. The minimum atomic E-state index is -0.0476. The summed E-state index contributed by atoms with van der Waals surface area (Å²) in [6.07, 6.45) is 2.47. The number of piperazine rings is 1. The van der Waals surface area contributed by atoms with Crippen molar-refractivity contribution >= 4 is 5.91 Å². The summed E-state index contributed by atoms with van der Waals surface area (Å²) in [6.45, 7) is 4.24. The molecule has 122 valence electrons. The summed E-state index contributed by atoms with van der Waals surface area (Å²) >= 11 is 0. The summed E-state index contributed by atoms with van der Waals surface area (Å²) in [6, 6.07) is 8.18. The van der Waals surface area contributed by atoms with Crippen LogP contribution in [-0.2, 0) is 6.42 Å². The van der Waals surface area contributed by atoms with Crippen LogP contribution in [0.3, 0.4) is 0 Å². The standard InChI is InChI=1S/C16H21N5O2/c1-23-14-4-2-13(3-5-14)6-7-20-8-10-21(11-9-20)16(22)15-12-17-19-18-15/h2-5,12H,6-11H2,1H3,(H,17,18,19). The third-order valence-corrected chi connectivity index (χ3v) is 4.17. The number of nitrogens with one attached hydrogen (secondary N) is 1. The predicted octanol–water partition coefficient (Wildman–Crippen LogP) is 0.814. The highest BCUT2D eigenvalue weighted by Crippen LogP contribution is 2.13. The number of amides is 1. The largest absolute Gasteiger partial charge is 0.497 e. The van der Waals surface area contributed by atoms with Crippen LogP contribution in [0.2, 0.25) is 0 Å². The maximum absolute atomic E-state index is 12.2. The van der Waals surface area contributed by atoms with Crippen molar-refractivity contribution in [2.24, 2.45) is 0 Å². The van der Waals surface area contributed by atoms with Gasteiger partial charge in [-0.25, -0.2) is 0 Å². The van der Waals surface area contributed by atoms with Crippen LogP contribution in [0, 0.1) is 0 Å². The quantitative estimate of drug-likeness (QED) is 0.884. The Morgan fingerprint density at radius 3 is 2.57 bits per heavy atom. The van der Waals surface area contributed by atoms with E-state index in [9.17, 15) is 4.79 Å². The Kier molecular flexibility index (Phi) is 4.87. The van der Waals surface area contributed by atoms with E-state index < -0.39 is 0 Å². The van der Waals surface area contributed by atoms with Crippen molar-refractivity contribution in [3.8, 4) is 5.75 Å². The third kappa shape index (κ3) is 3.87. The van der Waals surface area contributed by atoms with Crippen molar-refractivity contribution in [3.05, 3.63) is 41.7 Å². The minimum absolute atomic E-state index is 0.0476. The van der Waals surface area contributed by atoms with Gasteiger partial charge in [-0.2, -0.15) is 15.4 Å². The van der Waals surface area contributed by atoms with E-state index in [1.54, 1.807) is 7.11 Å². The van der Waals surface area contributed by atoms with E-state index in [0.29, 0.717) is 5.69 Å². The molecule has 7 nitrogen and oxygen atoms in total. The summed E-state index contributed by atoms with van der Waals surface area (Å²) in [5.74, 6) is 0.835. The fraction of sp³-hybridized carbons (Fsp3) is 0.438.